The highest BCUT2D eigenvalue weighted by molar-refractivity contribution is 4.95. The van der Waals surface area contributed by atoms with Crippen molar-refractivity contribution in [1.29, 1.82) is 0 Å². The molecular weight excluding hydrogens is 204 g/mol. The van der Waals surface area contributed by atoms with E-state index < -0.39 is 0 Å². The molecule has 2 saturated heterocycles. The van der Waals surface area contributed by atoms with Gasteiger partial charge in [-0.1, -0.05) is 6.92 Å². The van der Waals surface area contributed by atoms with Gasteiger partial charge in [0.2, 0.25) is 0 Å². The predicted octanol–water partition coefficient (Wildman–Crippen LogP) is 0.683. The van der Waals surface area contributed by atoms with E-state index in [2.05, 4.69) is 17.7 Å². The highest BCUT2D eigenvalue weighted by Gasteiger charge is 2.40. The second-order valence-corrected chi connectivity index (χ2v) is 5.55. The van der Waals surface area contributed by atoms with Crippen molar-refractivity contribution in [1.82, 2.24) is 10.8 Å². The van der Waals surface area contributed by atoms with E-state index in [1.165, 1.54) is 19.4 Å². The summed E-state index contributed by atoms with van der Waals surface area (Å²) in [5.74, 6) is 1.44. The second-order valence-electron chi connectivity index (χ2n) is 5.55. The number of hydrogen-bond donors (Lipinski definition) is 2. The second kappa shape index (κ2) is 4.61. The molecular formula is C12H22N2O2. The minimum absolute atomic E-state index is 0.532. The molecule has 0 amide bonds. The van der Waals surface area contributed by atoms with E-state index in [0.29, 0.717) is 18.1 Å². The van der Waals surface area contributed by atoms with Crippen LogP contribution in [0.1, 0.15) is 26.2 Å². The van der Waals surface area contributed by atoms with Gasteiger partial charge in [0.25, 0.3) is 0 Å². The van der Waals surface area contributed by atoms with E-state index in [1.807, 2.05) is 0 Å². The summed E-state index contributed by atoms with van der Waals surface area (Å²) in [7, 11) is 0. The van der Waals surface area contributed by atoms with Crippen molar-refractivity contribution in [2.45, 2.75) is 44.4 Å². The van der Waals surface area contributed by atoms with Crippen LogP contribution < -0.4 is 10.8 Å². The van der Waals surface area contributed by atoms with Crippen molar-refractivity contribution in [2.24, 2.45) is 11.8 Å². The molecule has 0 aromatic rings. The molecule has 16 heavy (non-hydrogen) atoms. The lowest BCUT2D eigenvalue weighted by Crippen LogP contribution is -2.50. The molecule has 2 aliphatic heterocycles. The Kier molecular flexibility index (Phi) is 3.16. The number of fused-ring (bicyclic) bond motifs is 2. The third kappa shape index (κ3) is 2.12. The van der Waals surface area contributed by atoms with Gasteiger partial charge in [-0.25, -0.2) is 0 Å². The normalized spacial score (nSPS) is 43.3. The Balaban J connectivity index is 1.34. The van der Waals surface area contributed by atoms with E-state index >= 15 is 0 Å². The minimum Gasteiger partial charge on any atom is -0.378 e. The number of ether oxygens (including phenoxy) is 1. The van der Waals surface area contributed by atoms with Gasteiger partial charge in [-0.2, -0.15) is 5.48 Å². The molecule has 92 valence electrons. The fraction of sp³-hybridized carbons (Fsp3) is 1.00. The highest BCUT2D eigenvalue weighted by atomic mass is 16.7. The van der Waals surface area contributed by atoms with E-state index in [1.54, 1.807) is 0 Å². The van der Waals surface area contributed by atoms with Crippen molar-refractivity contribution in [2.75, 3.05) is 19.8 Å². The molecule has 3 fully saturated rings. The molecule has 0 aromatic carbocycles. The summed E-state index contributed by atoms with van der Waals surface area (Å²) in [6.07, 6.45) is 4.23. The Morgan fingerprint density at radius 2 is 2.31 bits per heavy atom. The zero-order valence-electron chi connectivity index (χ0n) is 9.95. The lowest BCUT2D eigenvalue weighted by molar-refractivity contribution is -0.119. The molecule has 2 N–H and O–H groups in total. The van der Waals surface area contributed by atoms with Crippen LogP contribution in [0.3, 0.4) is 0 Å². The summed E-state index contributed by atoms with van der Waals surface area (Å²) >= 11 is 0. The first-order chi connectivity index (χ1) is 7.83. The van der Waals surface area contributed by atoms with Crippen LogP contribution in [0.15, 0.2) is 0 Å². The van der Waals surface area contributed by atoms with Gasteiger partial charge >= 0.3 is 0 Å². The van der Waals surface area contributed by atoms with Crippen LogP contribution in [0, 0.1) is 11.8 Å². The Morgan fingerprint density at radius 3 is 2.88 bits per heavy atom. The first-order valence-electron chi connectivity index (χ1n) is 6.55. The van der Waals surface area contributed by atoms with E-state index in [-0.39, 0.29) is 0 Å². The summed E-state index contributed by atoms with van der Waals surface area (Å²) in [5, 5.41) is 3.52. The first kappa shape index (κ1) is 11.0. The Morgan fingerprint density at radius 1 is 1.44 bits per heavy atom. The van der Waals surface area contributed by atoms with Crippen LogP contribution >= 0.6 is 0 Å². The third-order valence-electron chi connectivity index (χ3n) is 4.39. The summed E-state index contributed by atoms with van der Waals surface area (Å²) in [5.41, 5.74) is 2.99. The maximum Gasteiger partial charge on any atom is 0.0861 e. The molecule has 2 heterocycles. The van der Waals surface area contributed by atoms with Gasteiger partial charge in [-0.15, -0.1) is 0 Å². The van der Waals surface area contributed by atoms with Crippen LogP contribution in [0.25, 0.3) is 0 Å². The predicted molar refractivity (Wildman–Crippen MR) is 60.9 cm³/mol. The molecule has 0 aromatic heterocycles. The molecule has 4 heteroatoms. The average Bonchev–Trinajstić information content (AvgIpc) is 2.76. The zero-order valence-corrected chi connectivity index (χ0v) is 9.95. The topological polar surface area (TPSA) is 42.5 Å². The van der Waals surface area contributed by atoms with Gasteiger partial charge in [0.15, 0.2) is 0 Å². The van der Waals surface area contributed by atoms with Crippen LogP contribution in [0.2, 0.25) is 0 Å². The summed E-state index contributed by atoms with van der Waals surface area (Å²) < 4.78 is 6.02. The van der Waals surface area contributed by atoms with Gasteiger partial charge in [0.1, 0.15) is 0 Å². The van der Waals surface area contributed by atoms with Crippen molar-refractivity contribution >= 4 is 0 Å². The average molecular weight is 226 g/mol. The fourth-order valence-corrected chi connectivity index (χ4v) is 3.06. The van der Waals surface area contributed by atoms with Crippen LogP contribution in [-0.2, 0) is 9.57 Å². The van der Waals surface area contributed by atoms with Crippen LogP contribution in [-0.4, -0.2) is 37.9 Å². The summed E-state index contributed by atoms with van der Waals surface area (Å²) in [6, 6.07) is 1.29. The molecule has 4 nitrogen and oxygen atoms in total. The Labute approximate surface area is 97.0 Å². The fourth-order valence-electron chi connectivity index (χ4n) is 3.06. The Bertz CT molecular complexity index is 245. The van der Waals surface area contributed by atoms with E-state index in [9.17, 15) is 0 Å². The SMILES string of the molecule is C[C@@H](CCO[C@H]1C[C@H]2C[C@@H]1CN2)C1CON1. The lowest BCUT2D eigenvalue weighted by Gasteiger charge is -2.32. The minimum atomic E-state index is 0.532. The molecule has 1 saturated carbocycles. The zero-order chi connectivity index (χ0) is 11.0. The van der Waals surface area contributed by atoms with Crippen molar-refractivity contribution in [3.05, 3.63) is 0 Å². The summed E-state index contributed by atoms with van der Waals surface area (Å²) in [4.78, 5) is 4.98. The van der Waals surface area contributed by atoms with Gasteiger partial charge in [0.05, 0.1) is 18.8 Å². The number of hydrogen-bond acceptors (Lipinski definition) is 4. The van der Waals surface area contributed by atoms with E-state index in [0.717, 1.165) is 31.6 Å². The smallest absolute Gasteiger partial charge is 0.0861 e. The standard InChI is InChI=1S/C12H22N2O2/c1-8(11-7-16-14-11)2-3-15-12-5-10-4-9(12)6-13-10/h8-14H,2-7H2,1H3/t8-,9+,10+,11?,12-/m0/s1. The molecule has 1 aliphatic carbocycles. The number of nitrogens with one attached hydrogen (secondary N) is 2. The van der Waals surface area contributed by atoms with Gasteiger partial charge in [0, 0.05) is 19.2 Å². The maximum absolute atomic E-state index is 6.02. The lowest BCUT2D eigenvalue weighted by atomic mass is 9.99. The highest BCUT2D eigenvalue weighted by Crippen LogP contribution is 2.33. The molecule has 3 rings (SSSR count). The Hall–Kier alpha value is -0.160. The number of rotatable bonds is 5. The quantitative estimate of drug-likeness (QED) is 0.723. The molecule has 0 spiro atoms. The number of hydroxylamine groups is 1. The van der Waals surface area contributed by atoms with Crippen molar-refractivity contribution in [3.8, 4) is 0 Å². The maximum atomic E-state index is 6.02. The molecule has 2 bridgehead atoms. The monoisotopic (exact) mass is 226 g/mol. The molecule has 5 atom stereocenters. The number of piperidine rings is 1. The summed E-state index contributed by atoms with van der Waals surface area (Å²) in [6.45, 7) is 5.21. The van der Waals surface area contributed by atoms with Crippen molar-refractivity contribution in [3.63, 3.8) is 0 Å². The van der Waals surface area contributed by atoms with Gasteiger partial charge in [-0.05, 0) is 31.1 Å². The third-order valence-corrected chi connectivity index (χ3v) is 4.39. The largest absolute Gasteiger partial charge is 0.378 e. The first-order valence-corrected chi connectivity index (χ1v) is 6.55. The molecule has 3 aliphatic rings. The molecule has 1 unspecified atom stereocenters. The molecule has 0 radical (unpaired) electrons. The van der Waals surface area contributed by atoms with E-state index in [4.69, 9.17) is 9.57 Å². The van der Waals surface area contributed by atoms with Gasteiger partial charge in [-0.3, -0.25) is 4.84 Å². The van der Waals surface area contributed by atoms with Crippen LogP contribution in [0.4, 0.5) is 0 Å². The van der Waals surface area contributed by atoms with Gasteiger partial charge < -0.3 is 10.1 Å². The van der Waals surface area contributed by atoms with Crippen molar-refractivity contribution < 1.29 is 9.57 Å². The van der Waals surface area contributed by atoms with Crippen LogP contribution in [0.5, 0.6) is 0 Å².